The Morgan fingerprint density at radius 1 is 1.08 bits per heavy atom. The Kier molecular flexibility index (Phi) is 4.67. The molecule has 1 aromatic heterocycles. The summed E-state index contributed by atoms with van der Waals surface area (Å²) in [6, 6.07) is 9.81. The molecule has 6 heteroatoms. The molecule has 0 bridgehead atoms. The Morgan fingerprint density at radius 2 is 1.88 bits per heavy atom. The number of carbonyl (C=O) groups excluding carboxylic acids is 1. The number of furan rings is 1. The monoisotopic (exact) mass is 354 g/mol. The van der Waals surface area contributed by atoms with E-state index >= 15 is 0 Å². The fourth-order valence-electron chi connectivity index (χ4n) is 3.23. The molecule has 0 aliphatic carbocycles. The van der Waals surface area contributed by atoms with Gasteiger partial charge in [-0.1, -0.05) is 6.07 Å². The van der Waals surface area contributed by atoms with Crippen molar-refractivity contribution in [3.8, 4) is 11.5 Å². The van der Waals surface area contributed by atoms with Crippen molar-refractivity contribution in [3.05, 3.63) is 53.5 Å². The van der Waals surface area contributed by atoms with E-state index in [1.807, 2.05) is 36.1 Å². The lowest BCUT2D eigenvalue weighted by Gasteiger charge is -2.34. The van der Waals surface area contributed by atoms with Crippen molar-refractivity contribution < 1.29 is 18.7 Å². The summed E-state index contributed by atoms with van der Waals surface area (Å²) < 4.78 is 16.2. The van der Waals surface area contributed by atoms with Crippen LogP contribution in [0.1, 0.15) is 17.1 Å². The minimum absolute atomic E-state index is 0.0294. The van der Waals surface area contributed by atoms with E-state index < -0.39 is 0 Å². The van der Waals surface area contributed by atoms with Gasteiger partial charge in [0, 0.05) is 38.8 Å². The van der Waals surface area contributed by atoms with E-state index in [0.29, 0.717) is 12.6 Å². The molecular weight excluding hydrogens is 332 g/mol. The molecule has 0 unspecified atom stereocenters. The summed E-state index contributed by atoms with van der Waals surface area (Å²) in [7, 11) is 0. The lowest BCUT2D eigenvalue weighted by Crippen LogP contribution is -2.47. The summed E-state index contributed by atoms with van der Waals surface area (Å²) in [6.07, 6.45) is 3.32. The molecule has 1 saturated heterocycles. The van der Waals surface area contributed by atoms with Gasteiger partial charge in [-0.3, -0.25) is 9.69 Å². The van der Waals surface area contributed by atoms with Crippen LogP contribution in [0.3, 0.4) is 0 Å². The third-order valence-corrected chi connectivity index (χ3v) is 4.68. The molecule has 0 spiro atoms. The van der Waals surface area contributed by atoms with E-state index in [1.54, 1.807) is 12.2 Å². The van der Waals surface area contributed by atoms with Crippen LogP contribution in [0.4, 0.5) is 0 Å². The Hall–Kier alpha value is -2.73. The zero-order chi connectivity index (χ0) is 17.9. The highest BCUT2D eigenvalue weighted by Crippen LogP contribution is 2.32. The Labute approximate surface area is 152 Å². The standard InChI is InChI=1S/C20H22N2O4/c1-15-2-4-17(26-15)5-7-20(23)22-10-8-21(9-11-22)13-16-3-6-18-19(12-16)25-14-24-18/h2-7,12H,8-11,13-14H2,1H3. The lowest BCUT2D eigenvalue weighted by atomic mass is 10.1. The zero-order valence-electron chi connectivity index (χ0n) is 14.8. The molecule has 0 saturated carbocycles. The predicted molar refractivity (Wildman–Crippen MR) is 96.9 cm³/mol. The number of rotatable bonds is 4. The van der Waals surface area contributed by atoms with Crippen LogP contribution in [0.15, 0.2) is 40.8 Å². The third-order valence-electron chi connectivity index (χ3n) is 4.68. The summed E-state index contributed by atoms with van der Waals surface area (Å²) in [6.45, 7) is 6.20. The van der Waals surface area contributed by atoms with Gasteiger partial charge in [0.05, 0.1) is 0 Å². The predicted octanol–water partition coefficient (Wildman–Crippen LogP) is 2.67. The van der Waals surface area contributed by atoms with Crippen molar-refractivity contribution in [3.63, 3.8) is 0 Å². The topological polar surface area (TPSA) is 55.2 Å². The molecule has 1 amide bonds. The number of carbonyl (C=O) groups is 1. The van der Waals surface area contributed by atoms with Crippen LogP contribution in [-0.2, 0) is 11.3 Å². The van der Waals surface area contributed by atoms with E-state index in [0.717, 1.165) is 50.0 Å². The fourth-order valence-corrected chi connectivity index (χ4v) is 3.23. The van der Waals surface area contributed by atoms with Gasteiger partial charge in [-0.15, -0.1) is 0 Å². The van der Waals surface area contributed by atoms with E-state index in [2.05, 4.69) is 11.0 Å². The van der Waals surface area contributed by atoms with Crippen LogP contribution in [-0.4, -0.2) is 48.7 Å². The number of hydrogen-bond donors (Lipinski definition) is 0. The number of hydrogen-bond acceptors (Lipinski definition) is 5. The molecule has 4 rings (SSSR count). The van der Waals surface area contributed by atoms with Crippen molar-refractivity contribution in [2.75, 3.05) is 33.0 Å². The highest BCUT2D eigenvalue weighted by molar-refractivity contribution is 5.91. The maximum Gasteiger partial charge on any atom is 0.246 e. The van der Waals surface area contributed by atoms with Crippen molar-refractivity contribution >= 4 is 12.0 Å². The van der Waals surface area contributed by atoms with Crippen LogP contribution in [0, 0.1) is 6.92 Å². The van der Waals surface area contributed by atoms with Gasteiger partial charge in [-0.05, 0) is 42.8 Å². The van der Waals surface area contributed by atoms with Crippen molar-refractivity contribution in [1.29, 1.82) is 0 Å². The van der Waals surface area contributed by atoms with Gasteiger partial charge in [0.25, 0.3) is 0 Å². The lowest BCUT2D eigenvalue weighted by molar-refractivity contribution is -0.127. The fraction of sp³-hybridized carbons (Fsp3) is 0.350. The summed E-state index contributed by atoms with van der Waals surface area (Å²) in [5, 5.41) is 0. The first-order valence-electron chi connectivity index (χ1n) is 8.82. The molecule has 2 aliphatic heterocycles. The zero-order valence-corrected chi connectivity index (χ0v) is 14.8. The number of fused-ring (bicyclic) bond motifs is 1. The number of benzene rings is 1. The number of nitrogens with zero attached hydrogens (tertiary/aromatic N) is 2. The van der Waals surface area contributed by atoms with Crippen molar-refractivity contribution in [2.24, 2.45) is 0 Å². The summed E-state index contributed by atoms with van der Waals surface area (Å²) in [5.74, 6) is 3.20. The minimum atomic E-state index is 0.0294. The molecule has 3 heterocycles. The molecule has 2 aromatic rings. The SMILES string of the molecule is Cc1ccc(C=CC(=O)N2CCN(Cc3ccc4c(c3)OCO4)CC2)o1. The van der Waals surface area contributed by atoms with Gasteiger partial charge in [0.2, 0.25) is 12.7 Å². The van der Waals surface area contributed by atoms with E-state index in [1.165, 1.54) is 5.56 Å². The molecule has 0 radical (unpaired) electrons. The number of piperazine rings is 1. The van der Waals surface area contributed by atoms with E-state index in [4.69, 9.17) is 13.9 Å². The summed E-state index contributed by atoms with van der Waals surface area (Å²) in [5.41, 5.74) is 1.20. The van der Waals surface area contributed by atoms with Gasteiger partial charge in [0.1, 0.15) is 11.5 Å². The minimum Gasteiger partial charge on any atom is -0.462 e. The quantitative estimate of drug-likeness (QED) is 0.790. The normalized spacial score (nSPS) is 17.2. The molecule has 2 aliphatic rings. The molecule has 6 nitrogen and oxygen atoms in total. The first-order valence-corrected chi connectivity index (χ1v) is 8.82. The second-order valence-corrected chi connectivity index (χ2v) is 6.57. The highest BCUT2D eigenvalue weighted by atomic mass is 16.7. The average molecular weight is 354 g/mol. The molecule has 136 valence electrons. The van der Waals surface area contributed by atoms with E-state index in [-0.39, 0.29) is 5.91 Å². The molecule has 1 aromatic carbocycles. The van der Waals surface area contributed by atoms with Crippen molar-refractivity contribution in [2.45, 2.75) is 13.5 Å². The molecule has 0 N–H and O–H groups in total. The van der Waals surface area contributed by atoms with Gasteiger partial charge in [-0.2, -0.15) is 0 Å². The van der Waals surface area contributed by atoms with Gasteiger partial charge >= 0.3 is 0 Å². The first-order chi connectivity index (χ1) is 12.7. The molecular formula is C20H22N2O4. The second-order valence-electron chi connectivity index (χ2n) is 6.57. The summed E-state index contributed by atoms with van der Waals surface area (Å²) in [4.78, 5) is 16.5. The first kappa shape index (κ1) is 16.7. The Balaban J connectivity index is 1.28. The smallest absolute Gasteiger partial charge is 0.246 e. The Morgan fingerprint density at radius 3 is 2.65 bits per heavy atom. The highest BCUT2D eigenvalue weighted by Gasteiger charge is 2.20. The van der Waals surface area contributed by atoms with Crippen molar-refractivity contribution in [1.82, 2.24) is 9.80 Å². The van der Waals surface area contributed by atoms with E-state index in [9.17, 15) is 4.79 Å². The number of ether oxygens (including phenoxy) is 2. The Bertz CT molecular complexity index is 819. The number of aryl methyl sites for hydroxylation is 1. The number of amides is 1. The van der Waals surface area contributed by atoms with Crippen LogP contribution < -0.4 is 9.47 Å². The summed E-state index contributed by atoms with van der Waals surface area (Å²) >= 11 is 0. The van der Waals surface area contributed by atoms with Crippen LogP contribution in [0.5, 0.6) is 11.5 Å². The maximum atomic E-state index is 12.3. The van der Waals surface area contributed by atoms with Crippen LogP contribution in [0.25, 0.3) is 6.08 Å². The van der Waals surface area contributed by atoms with Crippen LogP contribution >= 0.6 is 0 Å². The molecule has 1 fully saturated rings. The maximum absolute atomic E-state index is 12.3. The molecule has 0 atom stereocenters. The van der Waals surface area contributed by atoms with Crippen LogP contribution in [0.2, 0.25) is 0 Å². The van der Waals surface area contributed by atoms with Gasteiger partial charge in [-0.25, -0.2) is 0 Å². The van der Waals surface area contributed by atoms with Gasteiger partial charge in [0.15, 0.2) is 11.5 Å². The average Bonchev–Trinajstić information content (AvgIpc) is 3.28. The largest absolute Gasteiger partial charge is 0.462 e. The van der Waals surface area contributed by atoms with Gasteiger partial charge < -0.3 is 18.8 Å². The second kappa shape index (κ2) is 7.25. The third kappa shape index (κ3) is 3.75. The molecule has 26 heavy (non-hydrogen) atoms.